The molecule has 1 aromatic rings. The zero-order chi connectivity index (χ0) is 17.0. The Balaban J connectivity index is 1.95. The SMILES string of the molecule is Cc1ccc(S(=O)(=O)N2CCN(C(=O)NCC(C)C)CC2)cc1. The second kappa shape index (κ2) is 7.31. The van der Waals surface area contributed by atoms with Gasteiger partial charge in [-0.2, -0.15) is 4.31 Å². The summed E-state index contributed by atoms with van der Waals surface area (Å²) in [6, 6.07) is 6.73. The van der Waals surface area contributed by atoms with Crippen LogP contribution in [-0.4, -0.2) is 56.4 Å². The average Bonchev–Trinajstić information content (AvgIpc) is 2.53. The Hall–Kier alpha value is -1.60. The summed E-state index contributed by atoms with van der Waals surface area (Å²) in [5.41, 5.74) is 1.02. The van der Waals surface area contributed by atoms with Crippen LogP contribution in [0.5, 0.6) is 0 Å². The van der Waals surface area contributed by atoms with Crippen molar-refractivity contribution in [3.05, 3.63) is 29.8 Å². The van der Waals surface area contributed by atoms with Crippen LogP contribution in [0.25, 0.3) is 0 Å². The molecular weight excluding hydrogens is 314 g/mol. The number of carbonyl (C=O) groups excluding carboxylic acids is 1. The summed E-state index contributed by atoms with van der Waals surface area (Å²) >= 11 is 0. The maximum atomic E-state index is 12.6. The van der Waals surface area contributed by atoms with Gasteiger partial charge in [-0.3, -0.25) is 0 Å². The van der Waals surface area contributed by atoms with Crippen LogP contribution in [-0.2, 0) is 10.0 Å². The van der Waals surface area contributed by atoms with E-state index in [4.69, 9.17) is 0 Å². The quantitative estimate of drug-likeness (QED) is 0.907. The van der Waals surface area contributed by atoms with Gasteiger partial charge in [0.05, 0.1) is 4.90 Å². The fourth-order valence-electron chi connectivity index (χ4n) is 2.39. The summed E-state index contributed by atoms with van der Waals surface area (Å²) in [7, 11) is -3.48. The highest BCUT2D eigenvalue weighted by molar-refractivity contribution is 7.89. The highest BCUT2D eigenvalue weighted by atomic mass is 32.2. The molecule has 1 heterocycles. The molecule has 1 saturated heterocycles. The summed E-state index contributed by atoms with van der Waals surface area (Å²) < 4.78 is 26.6. The average molecular weight is 339 g/mol. The lowest BCUT2D eigenvalue weighted by Gasteiger charge is -2.34. The molecule has 1 fully saturated rings. The van der Waals surface area contributed by atoms with Crippen LogP contribution in [0.3, 0.4) is 0 Å². The van der Waals surface area contributed by atoms with E-state index in [-0.39, 0.29) is 6.03 Å². The number of sulfonamides is 1. The van der Waals surface area contributed by atoms with E-state index in [2.05, 4.69) is 5.32 Å². The van der Waals surface area contributed by atoms with Gasteiger partial charge < -0.3 is 10.2 Å². The molecule has 0 atom stereocenters. The van der Waals surface area contributed by atoms with Crippen molar-refractivity contribution in [1.29, 1.82) is 0 Å². The van der Waals surface area contributed by atoms with E-state index in [1.165, 1.54) is 4.31 Å². The number of nitrogens with one attached hydrogen (secondary N) is 1. The van der Waals surface area contributed by atoms with E-state index < -0.39 is 10.0 Å². The van der Waals surface area contributed by atoms with Crippen LogP contribution in [0.2, 0.25) is 0 Å². The maximum Gasteiger partial charge on any atom is 0.317 e. The predicted molar refractivity (Wildman–Crippen MR) is 89.7 cm³/mol. The molecule has 2 amide bonds. The lowest BCUT2D eigenvalue weighted by atomic mass is 10.2. The molecule has 0 bridgehead atoms. The smallest absolute Gasteiger partial charge is 0.317 e. The van der Waals surface area contributed by atoms with Crippen molar-refractivity contribution in [1.82, 2.24) is 14.5 Å². The molecule has 1 aliphatic rings. The van der Waals surface area contributed by atoms with E-state index in [9.17, 15) is 13.2 Å². The van der Waals surface area contributed by atoms with Gasteiger partial charge in [-0.05, 0) is 25.0 Å². The van der Waals surface area contributed by atoms with Crippen molar-refractivity contribution >= 4 is 16.1 Å². The Labute approximate surface area is 138 Å². The maximum absolute atomic E-state index is 12.6. The normalized spacial score (nSPS) is 16.6. The third kappa shape index (κ3) is 4.45. The standard InChI is InChI=1S/C16H25N3O3S/c1-13(2)12-17-16(20)18-8-10-19(11-9-18)23(21,22)15-6-4-14(3)5-7-15/h4-7,13H,8-12H2,1-3H3,(H,17,20). The summed E-state index contributed by atoms with van der Waals surface area (Å²) in [5, 5.41) is 2.86. The van der Waals surface area contributed by atoms with E-state index >= 15 is 0 Å². The van der Waals surface area contributed by atoms with Gasteiger partial charge >= 0.3 is 6.03 Å². The predicted octanol–water partition coefficient (Wildman–Crippen LogP) is 1.67. The first-order valence-corrected chi connectivity index (χ1v) is 9.34. The van der Waals surface area contributed by atoms with E-state index in [1.54, 1.807) is 29.2 Å². The van der Waals surface area contributed by atoms with Crippen LogP contribution in [0, 0.1) is 12.8 Å². The Morgan fingerprint density at radius 1 is 1.13 bits per heavy atom. The number of rotatable bonds is 4. The van der Waals surface area contributed by atoms with Crippen molar-refractivity contribution in [3.63, 3.8) is 0 Å². The van der Waals surface area contributed by atoms with Crippen LogP contribution in [0.1, 0.15) is 19.4 Å². The first kappa shape index (κ1) is 17.7. The Morgan fingerprint density at radius 3 is 2.22 bits per heavy atom. The number of amides is 2. The van der Waals surface area contributed by atoms with Crippen molar-refractivity contribution in [2.24, 2.45) is 5.92 Å². The molecule has 1 aliphatic heterocycles. The van der Waals surface area contributed by atoms with Crippen LogP contribution in [0.15, 0.2) is 29.2 Å². The number of urea groups is 1. The van der Waals surface area contributed by atoms with Crippen LogP contribution < -0.4 is 5.32 Å². The topological polar surface area (TPSA) is 69.7 Å². The lowest BCUT2D eigenvalue weighted by molar-refractivity contribution is 0.171. The minimum Gasteiger partial charge on any atom is -0.338 e. The van der Waals surface area contributed by atoms with Crippen LogP contribution in [0.4, 0.5) is 4.79 Å². The van der Waals surface area contributed by atoms with Crippen molar-refractivity contribution in [2.45, 2.75) is 25.7 Å². The van der Waals surface area contributed by atoms with Gasteiger partial charge in [0.1, 0.15) is 0 Å². The first-order valence-electron chi connectivity index (χ1n) is 7.90. The highest BCUT2D eigenvalue weighted by Crippen LogP contribution is 2.18. The molecule has 23 heavy (non-hydrogen) atoms. The Morgan fingerprint density at radius 2 is 1.70 bits per heavy atom. The number of piperazine rings is 1. The van der Waals surface area contributed by atoms with E-state index in [0.29, 0.717) is 43.5 Å². The molecule has 0 aromatic heterocycles. The van der Waals surface area contributed by atoms with E-state index in [1.807, 2.05) is 20.8 Å². The zero-order valence-corrected chi connectivity index (χ0v) is 14.8. The van der Waals surface area contributed by atoms with Gasteiger partial charge in [0.25, 0.3) is 0 Å². The lowest BCUT2D eigenvalue weighted by Crippen LogP contribution is -2.53. The van der Waals surface area contributed by atoms with Crippen molar-refractivity contribution in [2.75, 3.05) is 32.7 Å². The molecule has 0 spiro atoms. The second-order valence-electron chi connectivity index (χ2n) is 6.28. The summed E-state index contributed by atoms with van der Waals surface area (Å²) in [5.74, 6) is 0.391. The first-order chi connectivity index (χ1) is 10.8. The third-order valence-corrected chi connectivity index (χ3v) is 5.76. The minimum atomic E-state index is -3.48. The number of carbonyl (C=O) groups is 1. The second-order valence-corrected chi connectivity index (χ2v) is 8.22. The monoisotopic (exact) mass is 339 g/mol. The van der Waals surface area contributed by atoms with Crippen molar-refractivity contribution in [3.8, 4) is 0 Å². The van der Waals surface area contributed by atoms with Gasteiger partial charge in [-0.25, -0.2) is 13.2 Å². The molecule has 0 saturated carbocycles. The van der Waals surface area contributed by atoms with E-state index in [0.717, 1.165) is 5.56 Å². The fourth-order valence-corrected chi connectivity index (χ4v) is 3.82. The fraction of sp³-hybridized carbons (Fsp3) is 0.562. The molecule has 0 aliphatic carbocycles. The third-order valence-electron chi connectivity index (χ3n) is 3.85. The Bertz CT molecular complexity index is 633. The molecule has 6 nitrogen and oxygen atoms in total. The number of hydrogen-bond acceptors (Lipinski definition) is 3. The number of benzene rings is 1. The molecule has 7 heteroatoms. The van der Waals surface area contributed by atoms with Gasteiger partial charge in [-0.1, -0.05) is 31.5 Å². The molecule has 0 radical (unpaired) electrons. The number of hydrogen-bond donors (Lipinski definition) is 1. The van der Waals surface area contributed by atoms with Gasteiger partial charge in [0.15, 0.2) is 0 Å². The zero-order valence-electron chi connectivity index (χ0n) is 13.9. The molecule has 2 rings (SSSR count). The highest BCUT2D eigenvalue weighted by Gasteiger charge is 2.29. The molecule has 0 unspecified atom stereocenters. The van der Waals surface area contributed by atoms with Gasteiger partial charge in [0.2, 0.25) is 10.0 Å². The Kier molecular flexibility index (Phi) is 5.64. The molecule has 1 N–H and O–H groups in total. The van der Waals surface area contributed by atoms with Crippen molar-refractivity contribution < 1.29 is 13.2 Å². The molecule has 128 valence electrons. The van der Waals surface area contributed by atoms with Gasteiger partial charge in [-0.15, -0.1) is 0 Å². The largest absolute Gasteiger partial charge is 0.338 e. The summed E-state index contributed by atoms with van der Waals surface area (Å²) in [6.07, 6.45) is 0. The van der Waals surface area contributed by atoms with Crippen LogP contribution >= 0.6 is 0 Å². The number of nitrogens with zero attached hydrogens (tertiary/aromatic N) is 2. The number of aryl methyl sites for hydroxylation is 1. The summed E-state index contributed by atoms with van der Waals surface area (Å²) in [4.78, 5) is 14.0. The summed E-state index contributed by atoms with van der Waals surface area (Å²) in [6.45, 7) is 8.09. The minimum absolute atomic E-state index is 0.119. The van der Waals surface area contributed by atoms with Gasteiger partial charge in [0, 0.05) is 32.7 Å². The molecule has 1 aromatic carbocycles. The molecular formula is C16H25N3O3S.